The molecule has 0 fully saturated rings. The van der Waals surface area contributed by atoms with Crippen LogP contribution >= 0.6 is 0 Å². The van der Waals surface area contributed by atoms with Crippen molar-refractivity contribution in [1.29, 1.82) is 0 Å². The Labute approximate surface area is 179 Å². The lowest BCUT2D eigenvalue weighted by atomic mass is 10.0. The summed E-state index contributed by atoms with van der Waals surface area (Å²) in [7, 11) is 1.50. The van der Waals surface area contributed by atoms with Crippen molar-refractivity contribution in [2.75, 3.05) is 20.3 Å². The number of benzene rings is 1. The third kappa shape index (κ3) is 4.18. The lowest BCUT2D eigenvalue weighted by Crippen LogP contribution is -2.41. The number of carbonyl (C=O) groups excluding carboxylic acids is 1. The SMILES string of the molecule is CCOC(=O)C(C)n1cnc2c1c(=O)n(CCOC)c(=O)n2-c1ccc(C(C)C)cc1. The summed E-state index contributed by atoms with van der Waals surface area (Å²) in [6.45, 7) is 8.01. The molecule has 0 N–H and O–H groups in total. The van der Waals surface area contributed by atoms with Crippen molar-refractivity contribution in [3.8, 4) is 5.69 Å². The molecule has 0 bridgehead atoms. The molecule has 0 amide bonds. The Balaban J connectivity index is 2.29. The molecule has 0 saturated heterocycles. The van der Waals surface area contributed by atoms with Gasteiger partial charge < -0.3 is 14.0 Å². The van der Waals surface area contributed by atoms with Gasteiger partial charge in [0.05, 0.1) is 31.8 Å². The minimum atomic E-state index is -0.775. The van der Waals surface area contributed by atoms with Gasteiger partial charge in [-0.25, -0.2) is 19.1 Å². The summed E-state index contributed by atoms with van der Waals surface area (Å²) in [5.74, 6) is -0.144. The molecule has 3 rings (SSSR count). The molecule has 9 nitrogen and oxygen atoms in total. The smallest absolute Gasteiger partial charge is 0.337 e. The molecule has 3 aromatic rings. The van der Waals surface area contributed by atoms with E-state index in [2.05, 4.69) is 18.8 Å². The molecule has 0 aliphatic heterocycles. The zero-order valence-electron chi connectivity index (χ0n) is 18.5. The second-order valence-electron chi connectivity index (χ2n) is 7.57. The largest absolute Gasteiger partial charge is 0.464 e. The number of rotatable bonds is 8. The monoisotopic (exact) mass is 428 g/mol. The van der Waals surface area contributed by atoms with Crippen molar-refractivity contribution in [3.05, 3.63) is 57.0 Å². The molecular weight excluding hydrogens is 400 g/mol. The van der Waals surface area contributed by atoms with Gasteiger partial charge in [-0.2, -0.15) is 0 Å². The number of imidazole rings is 1. The molecule has 1 aromatic carbocycles. The molecule has 1 atom stereocenters. The molecule has 0 aliphatic rings. The predicted molar refractivity (Wildman–Crippen MR) is 117 cm³/mol. The third-order valence-corrected chi connectivity index (χ3v) is 5.24. The lowest BCUT2D eigenvalue weighted by molar-refractivity contribution is -0.146. The fourth-order valence-electron chi connectivity index (χ4n) is 3.44. The molecule has 31 heavy (non-hydrogen) atoms. The number of nitrogens with zero attached hydrogens (tertiary/aromatic N) is 4. The summed E-state index contributed by atoms with van der Waals surface area (Å²) >= 11 is 0. The van der Waals surface area contributed by atoms with E-state index in [-0.39, 0.29) is 30.9 Å². The minimum absolute atomic E-state index is 0.0765. The number of esters is 1. The van der Waals surface area contributed by atoms with E-state index < -0.39 is 23.3 Å². The maximum atomic E-state index is 13.3. The zero-order valence-corrected chi connectivity index (χ0v) is 18.5. The van der Waals surface area contributed by atoms with E-state index in [0.29, 0.717) is 11.6 Å². The second-order valence-corrected chi connectivity index (χ2v) is 7.57. The summed E-state index contributed by atoms with van der Waals surface area (Å²) in [5, 5.41) is 0. The van der Waals surface area contributed by atoms with Gasteiger partial charge in [-0.05, 0) is 37.5 Å². The Kier molecular flexibility index (Phi) is 6.74. The number of hydrogen-bond acceptors (Lipinski definition) is 6. The highest BCUT2D eigenvalue weighted by Gasteiger charge is 2.24. The topological polar surface area (TPSA) is 97.4 Å². The molecule has 2 heterocycles. The number of methoxy groups -OCH3 is 1. The van der Waals surface area contributed by atoms with Gasteiger partial charge in [-0.1, -0.05) is 26.0 Å². The Morgan fingerprint density at radius 1 is 1.13 bits per heavy atom. The first-order chi connectivity index (χ1) is 14.8. The first-order valence-electron chi connectivity index (χ1n) is 10.3. The van der Waals surface area contributed by atoms with Crippen LogP contribution in [0.25, 0.3) is 16.9 Å². The number of fused-ring (bicyclic) bond motifs is 1. The van der Waals surface area contributed by atoms with E-state index in [1.807, 2.05) is 24.3 Å². The quantitative estimate of drug-likeness (QED) is 0.511. The van der Waals surface area contributed by atoms with Gasteiger partial charge in [0.1, 0.15) is 6.04 Å². The highest BCUT2D eigenvalue weighted by Crippen LogP contribution is 2.20. The van der Waals surface area contributed by atoms with Crippen molar-refractivity contribution in [3.63, 3.8) is 0 Å². The van der Waals surface area contributed by atoms with Crippen LogP contribution in [0.2, 0.25) is 0 Å². The van der Waals surface area contributed by atoms with E-state index in [9.17, 15) is 14.4 Å². The minimum Gasteiger partial charge on any atom is -0.464 e. The van der Waals surface area contributed by atoms with E-state index in [0.717, 1.165) is 10.1 Å². The Hall–Kier alpha value is -3.20. The van der Waals surface area contributed by atoms with Crippen molar-refractivity contribution in [1.82, 2.24) is 18.7 Å². The Morgan fingerprint density at radius 2 is 1.81 bits per heavy atom. The molecule has 2 aromatic heterocycles. The van der Waals surface area contributed by atoms with E-state index >= 15 is 0 Å². The van der Waals surface area contributed by atoms with Gasteiger partial charge in [0.25, 0.3) is 5.56 Å². The van der Waals surface area contributed by atoms with Gasteiger partial charge in [0, 0.05) is 7.11 Å². The van der Waals surface area contributed by atoms with Gasteiger partial charge in [-0.15, -0.1) is 0 Å². The zero-order chi connectivity index (χ0) is 22.7. The van der Waals surface area contributed by atoms with Crippen molar-refractivity contribution in [2.45, 2.75) is 46.2 Å². The molecule has 0 radical (unpaired) electrons. The molecule has 1 unspecified atom stereocenters. The molecule has 9 heteroatoms. The van der Waals surface area contributed by atoms with E-state index in [1.165, 1.54) is 22.6 Å². The average molecular weight is 428 g/mol. The van der Waals surface area contributed by atoms with Crippen LogP contribution in [-0.4, -0.2) is 45.0 Å². The van der Waals surface area contributed by atoms with Crippen LogP contribution in [0, 0.1) is 0 Å². The fourth-order valence-corrected chi connectivity index (χ4v) is 3.44. The fraction of sp³-hybridized carbons (Fsp3) is 0.455. The number of carbonyl (C=O) groups is 1. The van der Waals surface area contributed by atoms with Gasteiger partial charge in [0.2, 0.25) is 0 Å². The van der Waals surface area contributed by atoms with E-state index in [4.69, 9.17) is 9.47 Å². The maximum absolute atomic E-state index is 13.3. The van der Waals surface area contributed by atoms with E-state index in [1.54, 1.807) is 13.8 Å². The summed E-state index contributed by atoms with van der Waals surface area (Å²) in [4.78, 5) is 43.1. The van der Waals surface area contributed by atoms with Crippen LogP contribution in [0.1, 0.15) is 45.2 Å². The summed E-state index contributed by atoms with van der Waals surface area (Å²) in [6.07, 6.45) is 1.40. The molecule has 0 aliphatic carbocycles. The van der Waals surface area contributed by atoms with Gasteiger partial charge in [0.15, 0.2) is 11.2 Å². The van der Waals surface area contributed by atoms with Crippen LogP contribution < -0.4 is 11.2 Å². The summed E-state index contributed by atoms with van der Waals surface area (Å²) in [6, 6.07) is 6.77. The second kappa shape index (κ2) is 9.30. The first kappa shape index (κ1) is 22.5. The highest BCUT2D eigenvalue weighted by molar-refractivity contribution is 5.79. The van der Waals surface area contributed by atoms with Crippen LogP contribution in [-0.2, 0) is 20.8 Å². The number of aromatic nitrogens is 4. The van der Waals surface area contributed by atoms with Crippen LogP contribution in [0.5, 0.6) is 0 Å². The average Bonchev–Trinajstić information content (AvgIpc) is 3.18. The van der Waals surface area contributed by atoms with Crippen LogP contribution in [0.3, 0.4) is 0 Å². The highest BCUT2D eigenvalue weighted by atomic mass is 16.5. The van der Waals surface area contributed by atoms with Crippen LogP contribution in [0.15, 0.2) is 40.2 Å². The van der Waals surface area contributed by atoms with Crippen molar-refractivity contribution < 1.29 is 14.3 Å². The lowest BCUT2D eigenvalue weighted by Gasteiger charge is -2.15. The Bertz CT molecular complexity index is 1190. The standard InChI is InChI=1S/C22H28N4O5/c1-6-31-21(28)15(4)25-13-23-19-18(25)20(27)24(11-12-30-5)22(29)26(19)17-9-7-16(8-10-17)14(2)3/h7-10,13-15H,6,11-12H2,1-5H3. The predicted octanol–water partition coefficient (Wildman–Crippen LogP) is 2.24. The number of ether oxygens (including phenoxy) is 2. The normalized spacial score (nSPS) is 12.5. The van der Waals surface area contributed by atoms with Crippen molar-refractivity contribution >= 4 is 17.1 Å². The van der Waals surface area contributed by atoms with Crippen LogP contribution in [0.4, 0.5) is 0 Å². The van der Waals surface area contributed by atoms with Gasteiger partial charge >= 0.3 is 11.7 Å². The molecule has 166 valence electrons. The first-order valence-corrected chi connectivity index (χ1v) is 10.3. The van der Waals surface area contributed by atoms with Gasteiger partial charge in [-0.3, -0.25) is 9.36 Å². The molecular formula is C22H28N4O5. The summed E-state index contributed by atoms with van der Waals surface area (Å²) in [5.41, 5.74) is 1.02. The molecule has 0 saturated carbocycles. The maximum Gasteiger partial charge on any atom is 0.337 e. The van der Waals surface area contributed by atoms with Crippen molar-refractivity contribution in [2.24, 2.45) is 0 Å². The Morgan fingerprint density at radius 3 is 2.39 bits per heavy atom. The molecule has 0 spiro atoms. The summed E-state index contributed by atoms with van der Waals surface area (Å²) < 4.78 is 14.1. The third-order valence-electron chi connectivity index (χ3n) is 5.24. The number of hydrogen-bond donors (Lipinski definition) is 0.